The Bertz CT molecular complexity index is 1030. The van der Waals surface area contributed by atoms with Crippen molar-refractivity contribution in [1.82, 2.24) is 19.8 Å². The van der Waals surface area contributed by atoms with Gasteiger partial charge in [0.15, 0.2) is 17.6 Å². The first-order valence-electron chi connectivity index (χ1n) is 12.7. The molecule has 5 heterocycles. The first kappa shape index (κ1) is 22.4. The number of fused-ring (bicyclic) bond motifs is 2. The van der Waals surface area contributed by atoms with E-state index in [2.05, 4.69) is 38.4 Å². The Morgan fingerprint density at radius 1 is 1.09 bits per heavy atom. The van der Waals surface area contributed by atoms with Crippen molar-refractivity contribution in [2.75, 3.05) is 52.6 Å². The fourth-order valence-electron chi connectivity index (χ4n) is 5.59. The molecule has 9 heteroatoms. The lowest BCUT2D eigenvalue weighted by molar-refractivity contribution is -0.135. The highest BCUT2D eigenvalue weighted by atomic mass is 16.7. The maximum Gasteiger partial charge on any atom is 0.231 e. The number of piperidine rings is 1. The molecule has 0 bridgehead atoms. The number of rotatable bonds is 6. The van der Waals surface area contributed by atoms with Crippen LogP contribution in [-0.2, 0) is 16.1 Å². The second-order valence-corrected chi connectivity index (χ2v) is 9.90. The molecule has 1 amide bonds. The average Bonchev–Trinajstić information content (AvgIpc) is 3.56. The van der Waals surface area contributed by atoms with Crippen molar-refractivity contribution in [3.05, 3.63) is 47.8 Å². The van der Waals surface area contributed by atoms with E-state index in [4.69, 9.17) is 14.3 Å². The van der Waals surface area contributed by atoms with E-state index in [-0.39, 0.29) is 12.0 Å². The molecule has 35 heavy (non-hydrogen) atoms. The lowest BCUT2D eigenvalue weighted by atomic mass is 9.91. The van der Waals surface area contributed by atoms with E-state index in [0.29, 0.717) is 19.1 Å². The van der Waals surface area contributed by atoms with Crippen LogP contribution in [0.25, 0.3) is 0 Å². The first-order valence-corrected chi connectivity index (χ1v) is 12.7. The predicted octanol–water partition coefficient (Wildman–Crippen LogP) is 2.22. The molecule has 0 aromatic heterocycles. The van der Waals surface area contributed by atoms with Crippen LogP contribution in [0.15, 0.2) is 47.4 Å². The summed E-state index contributed by atoms with van der Waals surface area (Å²) in [5.74, 6) is 2.59. The molecule has 1 aromatic carbocycles. The van der Waals surface area contributed by atoms with Crippen LogP contribution in [0.4, 0.5) is 0 Å². The summed E-state index contributed by atoms with van der Waals surface area (Å²) in [5, 5.41) is 8.25. The highest BCUT2D eigenvalue weighted by Crippen LogP contribution is 2.34. The minimum atomic E-state index is -0.0551. The smallest absolute Gasteiger partial charge is 0.231 e. The number of likely N-dealkylation sites (tertiary alicyclic amines) is 1. The quantitative estimate of drug-likeness (QED) is 0.620. The van der Waals surface area contributed by atoms with Crippen molar-refractivity contribution in [3.63, 3.8) is 0 Å². The molecule has 2 atom stereocenters. The number of hydrazine groups is 1. The minimum absolute atomic E-state index is 0.0551. The van der Waals surface area contributed by atoms with Crippen LogP contribution in [0.2, 0.25) is 0 Å². The molecule has 2 fully saturated rings. The fraction of sp³-hybridized carbons (Fsp3) is 0.538. The Morgan fingerprint density at radius 3 is 2.89 bits per heavy atom. The maximum atomic E-state index is 12.9. The highest BCUT2D eigenvalue weighted by Gasteiger charge is 2.28. The lowest BCUT2D eigenvalue weighted by Crippen LogP contribution is -2.53. The van der Waals surface area contributed by atoms with E-state index in [1.165, 1.54) is 18.4 Å². The number of carbonyl (C=O) groups excluding carboxylic acids is 1. The summed E-state index contributed by atoms with van der Waals surface area (Å²) in [6, 6.07) is 6.29. The topological polar surface area (TPSA) is 70.1 Å². The van der Waals surface area contributed by atoms with E-state index >= 15 is 0 Å². The van der Waals surface area contributed by atoms with E-state index < -0.39 is 0 Å². The summed E-state index contributed by atoms with van der Waals surface area (Å²) in [4.78, 5) is 22.7. The van der Waals surface area contributed by atoms with Crippen molar-refractivity contribution in [3.8, 4) is 11.5 Å². The second kappa shape index (κ2) is 9.91. The maximum absolute atomic E-state index is 12.9. The van der Waals surface area contributed by atoms with Gasteiger partial charge in [0, 0.05) is 63.7 Å². The number of oxime groups is 1. The molecule has 0 spiro atoms. The molecule has 2 unspecified atom stereocenters. The van der Waals surface area contributed by atoms with E-state index in [1.807, 2.05) is 23.2 Å². The average molecular weight is 480 g/mol. The lowest BCUT2D eigenvalue weighted by Gasteiger charge is -2.40. The van der Waals surface area contributed by atoms with Gasteiger partial charge in [0.1, 0.15) is 0 Å². The zero-order valence-corrected chi connectivity index (χ0v) is 20.1. The number of hydrogen-bond acceptors (Lipinski definition) is 8. The molecular formula is C26H33N5O4. The summed E-state index contributed by atoms with van der Waals surface area (Å²) in [6.45, 7) is 6.46. The molecule has 186 valence electrons. The molecule has 5 aliphatic heterocycles. The summed E-state index contributed by atoms with van der Waals surface area (Å²) < 4.78 is 11.0. The van der Waals surface area contributed by atoms with Crippen LogP contribution < -0.4 is 9.47 Å². The Balaban J connectivity index is 0.943. The van der Waals surface area contributed by atoms with Crippen molar-refractivity contribution in [1.29, 1.82) is 0 Å². The van der Waals surface area contributed by atoms with Gasteiger partial charge in [0.05, 0.1) is 6.21 Å². The van der Waals surface area contributed by atoms with Crippen LogP contribution in [-0.4, -0.2) is 90.6 Å². The van der Waals surface area contributed by atoms with Gasteiger partial charge in [-0.05, 0) is 55.5 Å². The Kier molecular flexibility index (Phi) is 6.35. The minimum Gasteiger partial charge on any atom is -0.454 e. The van der Waals surface area contributed by atoms with E-state index in [9.17, 15) is 4.79 Å². The molecule has 1 aromatic rings. The summed E-state index contributed by atoms with van der Waals surface area (Å²) in [5.41, 5.74) is 2.36. The predicted molar refractivity (Wildman–Crippen MR) is 131 cm³/mol. The third kappa shape index (κ3) is 5.01. The summed E-state index contributed by atoms with van der Waals surface area (Å²) in [7, 11) is 0. The van der Waals surface area contributed by atoms with Gasteiger partial charge in [0.2, 0.25) is 12.7 Å². The zero-order chi connectivity index (χ0) is 23.6. The van der Waals surface area contributed by atoms with E-state index in [0.717, 1.165) is 69.3 Å². The SMILES string of the molecule is O=C(CCN1CCCC(Cc2ccc3c(c2)OCO3)C1)N1CCN(N2C=CC3ON=CC3=C2)CC1. The first-order chi connectivity index (χ1) is 17.2. The molecule has 0 radical (unpaired) electrons. The summed E-state index contributed by atoms with van der Waals surface area (Å²) >= 11 is 0. The monoisotopic (exact) mass is 479 g/mol. The number of piperazine rings is 1. The number of amides is 1. The Morgan fingerprint density at radius 2 is 1.97 bits per heavy atom. The van der Waals surface area contributed by atoms with E-state index in [1.54, 1.807) is 6.21 Å². The van der Waals surface area contributed by atoms with Crippen LogP contribution in [0.5, 0.6) is 11.5 Å². The number of benzene rings is 1. The second-order valence-electron chi connectivity index (χ2n) is 9.90. The molecule has 0 saturated carbocycles. The summed E-state index contributed by atoms with van der Waals surface area (Å²) in [6.07, 6.45) is 11.9. The van der Waals surface area contributed by atoms with Gasteiger partial charge in [-0.25, -0.2) is 5.01 Å². The molecule has 2 saturated heterocycles. The molecule has 6 rings (SSSR count). The highest BCUT2D eigenvalue weighted by molar-refractivity contribution is 5.82. The van der Waals surface area contributed by atoms with Crippen LogP contribution in [0.1, 0.15) is 24.8 Å². The van der Waals surface area contributed by atoms with Crippen molar-refractivity contribution < 1.29 is 19.1 Å². The van der Waals surface area contributed by atoms with Crippen molar-refractivity contribution in [2.24, 2.45) is 11.1 Å². The normalized spacial score (nSPS) is 26.0. The van der Waals surface area contributed by atoms with Gasteiger partial charge in [-0.3, -0.25) is 9.80 Å². The zero-order valence-electron chi connectivity index (χ0n) is 20.1. The molecule has 9 nitrogen and oxygen atoms in total. The Hall–Kier alpha value is -3.04. The third-order valence-corrected chi connectivity index (χ3v) is 7.54. The van der Waals surface area contributed by atoms with Crippen LogP contribution in [0.3, 0.4) is 0 Å². The molecule has 5 aliphatic rings. The molecule has 0 N–H and O–H groups in total. The van der Waals surface area contributed by atoms with Gasteiger partial charge in [-0.2, -0.15) is 0 Å². The number of nitrogens with zero attached hydrogens (tertiary/aromatic N) is 5. The van der Waals surface area contributed by atoms with Crippen molar-refractivity contribution in [2.45, 2.75) is 31.8 Å². The number of ether oxygens (including phenoxy) is 2. The molecular weight excluding hydrogens is 446 g/mol. The van der Waals surface area contributed by atoms with Gasteiger partial charge < -0.3 is 24.1 Å². The van der Waals surface area contributed by atoms with Gasteiger partial charge in [-0.15, -0.1) is 0 Å². The van der Waals surface area contributed by atoms with Gasteiger partial charge in [-0.1, -0.05) is 11.2 Å². The number of carbonyl (C=O) groups is 1. The number of hydrogen-bond donors (Lipinski definition) is 0. The van der Waals surface area contributed by atoms with Gasteiger partial charge >= 0.3 is 0 Å². The van der Waals surface area contributed by atoms with Crippen LogP contribution >= 0.6 is 0 Å². The third-order valence-electron chi connectivity index (χ3n) is 7.54. The Labute approximate surface area is 206 Å². The fourth-order valence-corrected chi connectivity index (χ4v) is 5.59. The molecule has 0 aliphatic carbocycles. The van der Waals surface area contributed by atoms with Gasteiger partial charge in [0.25, 0.3) is 0 Å². The largest absolute Gasteiger partial charge is 0.454 e. The van der Waals surface area contributed by atoms with Crippen molar-refractivity contribution >= 4 is 12.1 Å². The van der Waals surface area contributed by atoms with Crippen LogP contribution in [0, 0.1) is 5.92 Å². The standard InChI is InChI=1S/C26H33N5O4/c32-26(29-10-12-30(13-11-29)31-9-5-23-22(18-31)16-27-35-23)6-8-28-7-1-2-21(17-28)14-20-3-4-24-25(15-20)34-19-33-24/h3-5,9,15-16,18,21,23H,1-2,6-8,10-14,17,19H2.